The fourth-order valence-corrected chi connectivity index (χ4v) is 3.94. The molecule has 162 valence electrons. The van der Waals surface area contributed by atoms with E-state index in [4.69, 9.17) is 11.6 Å². The molecule has 0 bridgehead atoms. The molecule has 32 heavy (non-hydrogen) atoms. The van der Waals surface area contributed by atoms with Gasteiger partial charge in [-0.2, -0.15) is 0 Å². The average Bonchev–Trinajstić information content (AvgIpc) is 3.23. The topological polar surface area (TPSA) is 74.0 Å². The molecule has 0 aliphatic carbocycles. The number of carbonyl (C=O) groups is 2. The highest BCUT2D eigenvalue weighted by Crippen LogP contribution is 2.34. The molecule has 4 aromatic rings. The summed E-state index contributed by atoms with van der Waals surface area (Å²) in [6, 6.07) is 20.6. The predicted molar refractivity (Wildman–Crippen MR) is 123 cm³/mol. The van der Waals surface area contributed by atoms with Crippen LogP contribution in [0.25, 0.3) is 10.9 Å². The van der Waals surface area contributed by atoms with Crippen LogP contribution >= 0.6 is 11.6 Å². The molecule has 7 heteroatoms. The van der Waals surface area contributed by atoms with Gasteiger partial charge in [0.05, 0.1) is 6.54 Å². The van der Waals surface area contributed by atoms with E-state index in [1.54, 1.807) is 0 Å². The molecular formula is C25H21ClFN3O2. The summed E-state index contributed by atoms with van der Waals surface area (Å²) in [4.78, 5) is 27.9. The number of para-hydroxylation sites is 1. The number of aromatic nitrogens is 1. The zero-order chi connectivity index (χ0) is 22.5. The van der Waals surface area contributed by atoms with Gasteiger partial charge in [0.2, 0.25) is 5.91 Å². The van der Waals surface area contributed by atoms with E-state index in [1.165, 1.54) is 24.3 Å². The maximum absolute atomic E-state index is 13.0. The zero-order valence-electron chi connectivity index (χ0n) is 17.1. The lowest BCUT2D eigenvalue weighted by Crippen LogP contribution is -2.38. The van der Waals surface area contributed by atoms with Crippen molar-refractivity contribution in [1.29, 1.82) is 0 Å². The number of halogens is 2. The highest BCUT2D eigenvalue weighted by atomic mass is 35.5. The minimum Gasteiger partial charge on any atom is -0.361 e. The number of carbonyl (C=O) groups excluding carboxylic acids is 2. The molecule has 0 saturated carbocycles. The molecule has 1 atom stereocenters. The Labute approximate surface area is 189 Å². The molecule has 0 aliphatic rings. The molecule has 1 heterocycles. The van der Waals surface area contributed by atoms with E-state index in [0.29, 0.717) is 11.6 Å². The first-order chi connectivity index (χ1) is 15.5. The van der Waals surface area contributed by atoms with Crippen molar-refractivity contribution in [2.45, 2.75) is 5.92 Å². The van der Waals surface area contributed by atoms with Crippen LogP contribution in [0.15, 0.2) is 79.0 Å². The highest BCUT2D eigenvalue weighted by Gasteiger charge is 2.21. The van der Waals surface area contributed by atoms with Crippen LogP contribution in [0.1, 0.15) is 27.4 Å². The zero-order valence-corrected chi connectivity index (χ0v) is 17.8. The van der Waals surface area contributed by atoms with Crippen LogP contribution in [0, 0.1) is 5.82 Å². The van der Waals surface area contributed by atoms with E-state index in [0.717, 1.165) is 22.0 Å². The molecule has 0 fully saturated rings. The van der Waals surface area contributed by atoms with Gasteiger partial charge in [0, 0.05) is 40.1 Å². The maximum atomic E-state index is 13.0. The van der Waals surface area contributed by atoms with Crippen LogP contribution in [0.5, 0.6) is 0 Å². The summed E-state index contributed by atoms with van der Waals surface area (Å²) in [7, 11) is 0. The molecule has 0 spiro atoms. The number of nitrogens with one attached hydrogen (secondary N) is 3. The van der Waals surface area contributed by atoms with Crippen LogP contribution < -0.4 is 10.6 Å². The van der Waals surface area contributed by atoms with E-state index >= 15 is 0 Å². The molecular weight excluding hydrogens is 429 g/mol. The normalized spacial score (nSPS) is 11.8. The van der Waals surface area contributed by atoms with Crippen LogP contribution in [-0.2, 0) is 4.79 Å². The summed E-state index contributed by atoms with van der Waals surface area (Å²) in [6.45, 7) is 0.107. The number of hydrogen-bond donors (Lipinski definition) is 3. The number of benzene rings is 3. The second-order valence-corrected chi connectivity index (χ2v) is 7.76. The summed E-state index contributed by atoms with van der Waals surface area (Å²) in [5.74, 6) is -1.39. The predicted octanol–water partition coefficient (Wildman–Crippen LogP) is 4.64. The van der Waals surface area contributed by atoms with Crippen molar-refractivity contribution in [3.8, 4) is 0 Å². The van der Waals surface area contributed by atoms with Gasteiger partial charge in [-0.3, -0.25) is 9.59 Å². The van der Waals surface area contributed by atoms with Crippen LogP contribution in [0.3, 0.4) is 0 Å². The Balaban J connectivity index is 1.47. The quantitative estimate of drug-likeness (QED) is 0.384. The maximum Gasteiger partial charge on any atom is 0.251 e. The van der Waals surface area contributed by atoms with E-state index in [9.17, 15) is 14.0 Å². The first-order valence-corrected chi connectivity index (χ1v) is 10.5. The molecule has 0 aliphatic heterocycles. The number of aromatic amines is 1. The Hall–Kier alpha value is -3.64. The molecule has 0 saturated heterocycles. The van der Waals surface area contributed by atoms with Gasteiger partial charge < -0.3 is 15.6 Å². The SMILES string of the molecule is O=C(CNC(=O)c1ccc(F)cc1)NCC(c1ccccc1Cl)c1c[nH]c2ccccc12. The summed E-state index contributed by atoms with van der Waals surface area (Å²) >= 11 is 6.48. The Morgan fingerprint density at radius 1 is 0.906 bits per heavy atom. The Morgan fingerprint density at radius 2 is 1.62 bits per heavy atom. The molecule has 1 aromatic heterocycles. The van der Waals surface area contributed by atoms with E-state index < -0.39 is 11.7 Å². The lowest BCUT2D eigenvalue weighted by atomic mass is 9.90. The first-order valence-electron chi connectivity index (χ1n) is 10.1. The fourth-order valence-electron chi connectivity index (χ4n) is 3.67. The third-order valence-electron chi connectivity index (χ3n) is 5.30. The summed E-state index contributed by atoms with van der Waals surface area (Å²) in [5, 5.41) is 7.11. The molecule has 4 rings (SSSR count). The third-order valence-corrected chi connectivity index (χ3v) is 5.64. The van der Waals surface area contributed by atoms with Gasteiger partial charge in [-0.1, -0.05) is 48.0 Å². The van der Waals surface area contributed by atoms with Crippen molar-refractivity contribution in [1.82, 2.24) is 15.6 Å². The van der Waals surface area contributed by atoms with Gasteiger partial charge in [0.15, 0.2) is 0 Å². The van der Waals surface area contributed by atoms with Gasteiger partial charge in [-0.25, -0.2) is 4.39 Å². The molecule has 1 unspecified atom stereocenters. The van der Waals surface area contributed by atoms with E-state index in [2.05, 4.69) is 15.6 Å². The Morgan fingerprint density at radius 3 is 2.41 bits per heavy atom. The molecule has 3 aromatic carbocycles. The number of rotatable bonds is 7. The second kappa shape index (κ2) is 9.66. The van der Waals surface area contributed by atoms with Gasteiger partial charge in [-0.05, 0) is 47.5 Å². The van der Waals surface area contributed by atoms with Crippen LogP contribution in [0.4, 0.5) is 4.39 Å². The minimum absolute atomic E-state index is 0.184. The number of H-pyrrole nitrogens is 1. The number of amides is 2. The highest BCUT2D eigenvalue weighted by molar-refractivity contribution is 6.31. The van der Waals surface area contributed by atoms with Crippen molar-refractivity contribution >= 4 is 34.3 Å². The Kier molecular flexibility index (Phi) is 6.52. The lowest BCUT2D eigenvalue weighted by molar-refractivity contribution is -0.120. The minimum atomic E-state index is -0.445. The monoisotopic (exact) mass is 449 g/mol. The van der Waals surface area contributed by atoms with Crippen molar-refractivity contribution in [2.24, 2.45) is 0 Å². The number of fused-ring (bicyclic) bond motifs is 1. The van der Waals surface area contributed by atoms with Crippen molar-refractivity contribution in [2.75, 3.05) is 13.1 Å². The van der Waals surface area contributed by atoms with E-state index in [-0.39, 0.29) is 23.9 Å². The summed E-state index contributed by atoms with van der Waals surface area (Å²) < 4.78 is 13.0. The average molecular weight is 450 g/mol. The molecule has 2 amide bonds. The van der Waals surface area contributed by atoms with Crippen LogP contribution in [0.2, 0.25) is 5.02 Å². The standard InChI is InChI=1S/C25H21ClFN3O2/c26-22-7-3-1-5-18(22)20(21-13-28-23-8-4-2-6-19(21)23)14-29-24(31)15-30-25(32)16-9-11-17(27)12-10-16/h1-13,20,28H,14-15H2,(H,29,31)(H,30,32). The van der Waals surface area contributed by atoms with Gasteiger partial charge >= 0.3 is 0 Å². The first kappa shape index (κ1) is 21.6. The lowest BCUT2D eigenvalue weighted by Gasteiger charge is -2.19. The summed E-state index contributed by atoms with van der Waals surface area (Å²) in [5.41, 5.74) is 3.20. The van der Waals surface area contributed by atoms with Crippen molar-refractivity contribution < 1.29 is 14.0 Å². The van der Waals surface area contributed by atoms with Crippen molar-refractivity contribution in [3.05, 3.63) is 107 Å². The molecule has 0 radical (unpaired) electrons. The van der Waals surface area contributed by atoms with Crippen LogP contribution in [-0.4, -0.2) is 29.9 Å². The van der Waals surface area contributed by atoms with Gasteiger partial charge in [0.25, 0.3) is 5.91 Å². The van der Waals surface area contributed by atoms with Gasteiger partial charge in [-0.15, -0.1) is 0 Å². The van der Waals surface area contributed by atoms with Gasteiger partial charge in [0.1, 0.15) is 5.82 Å². The molecule has 5 nitrogen and oxygen atoms in total. The number of hydrogen-bond acceptors (Lipinski definition) is 2. The van der Waals surface area contributed by atoms with E-state index in [1.807, 2.05) is 54.7 Å². The fraction of sp³-hybridized carbons (Fsp3) is 0.120. The van der Waals surface area contributed by atoms with Crippen molar-refractivity contribution in [3.63, 3.8) is 0 Å². The molecule has 3 N–H and O–H groups in total. The second-order valence-electron chi connectivity index (χ2n) is 7.36. The summed E-state index contributed by atoms with van der Waals surface area (Å²) in [6.07, 6.45) is 1.93. The Bertz CT molecular complexity index is 1250. The third kappa shape index (κ3) is 4.81. The smallest absolute Gasteiger partial charge is 0.251 e. The largest absolute Gasteiger partial charge is 0.361 e.